The van der Waals surface area contributed by atoms with E-state index in [4.69, 9.17) is 0 Å². The summed E-state index contributed by atoms with van der Waals surface area (Å²) in [6.07, 6.45) is 5.85. The molecule has 0 saturated heterocycles. The molecule has 1 aliphatic carbocycles. The van der Waals surface area contributed by atoms with Crippen LogP contribution in [0.2, 0.25) is 0 Å². The molecule has 0 bridgehead atoms. The van der Waals surface area contributed by atoms with Gasteiger partial charge in [0, 0.05) is 12.7 Å². The Hall–Kier alpha value is -1.45. The second-order valence-electron chi connectivity index (χ2n) is 4.39. The van der Waals surface area contributed by atoms with E-state index in [1.54, 1.807) is 0 Å². The predicted octanol–water partition coefficient (Wildman–Crippen LogP) is 2.14. The first-order valence-corrected chi connectivity index (χ1v) is 5.55. The maximum absolute atomic E-state index is 13.2. The number of nitrogens with zero attached hydrogens (tertiary/aromatic N) is 1. The Labute approximate surface area is 94.1 Å². The SMILES string of the molecule is CCC1(CNC(=O)c2ccncc2F)CC1. The van der Waals surface area contributed by atoms with E-state index in [1.807, 2.05) is 0 Å². The molecule has 86 valence electrons. The average Bonchev–Trinajstić information content (AvgIpc) is 3.07. The summed E-state index contributed by atoms with van der Waals surface area (Å²) in [5.74, 6) is -0.916. The zero-order chi connectivity index (χ0) is 11.6. The number of hydrogen-bond acceptors (Lipinski definition) is 2. The molecule has 0 radical (unpaired) electrons. The number of carbonyl (C=O) groups excluding carboxylic acids is 1. The van der Waals surface area contributed by atoms with E-state index in [-0.39, 0.29) is 16.9 Å². The van der Waals surface area contributed by atoms with E-state index in [2.05, 4.69) is 17.2 Å². The van der Waals surface area contributed by atoms with Crippen LogP contribution in [0.4, 0.5) is 4.39 Å². The third-order valence-corrected chi connectivity index (χ3v) is 3.35. The molecule has 0 spiro atoms. The molecule has 16 heavy (non-hydrogen) atoms. The molecule has 1 aromatic rings. The molecule has 2 rings (SSSR count). The van der Waals surface area contributed by atoms with Gasteiger partial charge in [0.05, 0.1) is 11.8 Å². The zero-order valence-electron chi connectivity index (χ0n) is 9.29. The molecule has 1 N–H and O–H groups in total. The highest BCUT2D eigenvalue weighted by Gasteiger charge is 2.40. The van der Waals surface area contributed by atoms with Crippen LogP contribution in [0.1, 0.15) is 36.5 Å². The van der Waals surface area contributed by atoms with Gasteiger partial charge in [-0.3, -0.25) is 9.78 Å². The largest absolute Gasteiger partial charge is 0.351 e. The summed E-state index contributed by atoms with van der Waals surface area (Å²) in [5.41, 5.74) is 0.348. The summed E-state index contributed by atoms with van der Waals surface area (Å²) < 4.78 is 13.2. The monoisotopic (exact) mass is 222 g/mol. The van der Waals surface area contributed by atoms with Crippen molar-refractivity contribution in [1.82, 2.24) is 10.3 Å². The van der Waals surface area contributed by atoms with E-state index in [9.17, 15) is 9.18 Å². The normalized spacial score (nSPS) is 16.9. The molecular formula is C12H15FN2O. The van der Waals surface area contributed by atoms with Crippen LogP contribution in [0.5, 0.6) is 0 Å². The van der Waals surface area contributed by atoms with E-state index in [1.165, 1.54) is 12.3 Å². The number of amides is 1. The summed E-state index contributed by atoms with van der Waals surface area (Å²) in [4.78, 5) is 15.3. The maximum atomic E-state index is 13.2. The van der Waals surface area contributed by atoms with Crippen LogP contribution < -0.4 is 5.32 Å². The number of halogens is 1. The van der Waals surface area contributed by atoms with Gasteiger partial charge in [-0.05, 0) is 30.7 Å². The van der Waals surface area contributed by atoms with Crippen molar-refractivity contribution in [1.29, 1.82) is 0 Å². The van der Waals surface area contributed by atoms with Crippen molar-refractivity contribution in [3.8, 4) is 0 Å². The molecule has 4 heteroatoms. The first-order valence-electron chi connectivity index (χ1n) is 5.55. The number of hydrogen-bond donors (Lipinski definition) is 1. The molecule has 0 aromatic carbocycles. The lowest BCUT2D eigenvalue weighted by Crippen LogP contribution is -2.30. The molecule has 1 fully saturated rings. The van der Waals surface area contributed by atoms with Crippen LogP contribution in [0, 0.1) is 11.2 Å². The molecule has 0 unspecified atom stereocenters. The van der Waals surface area contributed by atoms with Crippen molar-refractivity contribution in [2.24, 2.45) is 5.41 Å². The van der Waals surface area contributed by atoms with E-state index in [0.29, 0.717) is 6.54 Å². The average molecular weight is 222 g/mol. The lowest BCUT2D eigenvalue weighted by Gasteiger charge is -2.13. The van der Waals surface area contributed by atoms with Gasteiger partial charge >= 0.3 is 0 Å². The minimum atomic E-state index is -0.568. The van der Waals surface area contributed by atoms with Crippen molar-refractivity contribution in [2.75, 3.05) is 6.54 Å². The second-order valence-corrected chi connectivity index (χ2v) is 4.39. The summed E-state index contributed by atoms with van der Waals surface area (Å²) in [6.45, 7) is 2.76. The molecule has 1 saturated carbocycles. The Kier molecular flexibility index (Phi) is 2.90. The first kappa shape index (κ1) is 11.0. The van der Waals surface area contributed by atoms with Gasteiger partial charge in [0.15, 0.2) is 5.82 Å². The highest BCUT2D eigenvalue weighted by molar-refractivity contribution is 5.94. The predicted molar refractivity (Wildman–Crippen MR) is 58.5 cm³/mol. The lowest BCUT2D eigenvalue weighted by molar-refractivity contribution is 0.0940. The van der Waals surface area contributed by atoms with Gasteiger partial charge in [-0.15, -0.1) is 0 Å². The minimum Gasteiger partial charge on any atom is -0.351 e. The summed E-state index contributed by atoms with van der Waals surface area (Å²) >= 11 is 0. The van der Waals surface area contributed by atoms with Gasteiger partial charge in [-0.2, -0.15) is 0 Å². The quantitative estimate of drug-likeness (QED) is 0.848. The Morgan fingerprint density at radius 1 is 1.62 bits per heavy atom. The van der Waals surface area contributed by atoms with E-state index >= 15 is 0 Å². The third kappa shape index (κ3) is 2.21. The van der Waals surface area contributed by atoms with Crippen molar-refractivity contribution < 1.29 is 9.18 Å². The Balaban J connectivity index is 1.96. The summed E-state index contributed by atoms with van der Waals surface area (Å²) in [6, 6.07) is 1.40. The number of nitrogens with one attached hydrogen (secondary N) is 1. The highest BCUT2D eigenvalue weighted by Crippen LogP contribution is 2.47. The van der Waals surface area contributed by atoms with Crippen LogP contribution in [-0.4, -0.2) is 17.4 Å². The van der Waals surface area contributed by atoms with Gasteiger partial charge in [-0.1, -0.05) is 6.92 Å². The van der Waals surface area contributed by atoms with Gasteiger partial charge in [0.25, 0.3) is 5.91 Å². The van der Waals surface area contributed by atoms with Gasteiger partial charge in [0.2, 0.25) is 0 Å². The first-order chi connectivity index (χ1) is 7.67. The topological polar surface area (TPSA) is 42.0 Å². The van der Waals surface area contributed by atoms with Crippen molar-refractivity contribution in [3.05, 3.63) is 29.8 Å². The smallest absolute Gasteiger partial charge is 0.254 e. The molecule has 1 amide bonds. The summed E-state index contributed by atoms with van der Waals surface area (Å²) in [7, 11) is 0. The van der Waals surface area contributed by atoms with Crippen LogP contribution >= 0.6 is 0 Å². The maximum Gasteiger partial charge on any atom is 0.254 e. The number of pyridine rings is 1. The van der Waals surface area contributed by atoms with E-state index < -0.39 is 5.82 Å². The molecular weight excluding hydrogens is 207 g/mol. The fourth-order valence-corrected chi connectivity index (χ4v) is 1.75. The van der Waals surface area contributed by atoms with Crippen molar-refractivity contribution >= 4 is 5.91 Å². The van der Waals surface area contributed by atoms with Gasteiger partial charge < -0.3 is 5.32 Å². The molecule has 1 aliphatic rings. The van der Waals surface area contributed by atoms with Crippen LogP contribution in [0.25, 0.3) is 0 Å². The fourth-order valence-electron chi connectivity index (χ4n) is 1.75. The van der Waals surface area contributed by atoms with E-state index in [0.717, 1.165) is 25.5 Å². The lowest BCUT2D eigenvalue weighted by atomic mass is 10.0. The van der Waals surface area contributed by atoms with Crippen molar-refractivity contribution in [2.45, 2.75) is 26.2 Å². The molecule has 0 atom stereocenters. The fraction of sp³-hybridized carbons (Fsp3) is 0.500. The number of rotatable bonds is 4. The molecule has 3 nitrogen and oxygen atoms in total. The van der Waals surface area contributed by atoms with Crippen LogP contribution in [0.15, 0.2) is 18.5 Å². The van der Waals surface area contributed by atoms with Gasteiger partial charge in [-0.25, -0.2) is 4.39 Å². The number of carbonyl (C=O) groups is 1. The van der Waals surface area contributed by atoms with Crippen molar-refractivity contribution in [3.63, 3.8) is 0 Å². The second kappa shape index (κ2) is 4.20. The molecule has 0 aliphatic heterocycles. The summed E-state index contributed by atoms with van der Waals surface area (Å²) in [5, 5.41) is 2.79. The zero-order valence-corrected chi connectivity index (χ0v) is 9.29. The highest BCUT2D eigenvalue weighted by atomic mass is 19.1. The van der Waals surface area contributed by atoms with Gasteiger partial charge in [0.1, 0.15) is 0 Å². The Morgan fingerprint density at radius 3 is 2.94 bits per heavy atom. The van der Waals surface area contributed by atoms with Crippen LogP contribution in [0.3, 0.4) is 0 Å². The van der Waals surface area contributed by atoms with Crippen LogP contribution in [-0.2, 0) is 0 Å². The molecule has 1 aromatic heterocycles. The Bertz CT molecular complexity index is 402. The standard InChI is InChI=1S/C12H15FN2O/c1-2-12(4-5-12)8-15-11(16)9-3-6-14-7-10(9)13/h3,6-7H,2,4-5,8H2,1H3,(H,15,16). The third-order valence-electron chi connectivity index (χ3n) is 3.35. The minimum absolute atomic E-state index is 0.0712. The Morgan fingerprint density at radius 2 is 2.38 bits per heavy atom. The molecule has 1 heterocycles. The number of aromatic nitrogens is 1.